The molecule has 0 saturated carbocycles. The summed E-state index contributed by atoms with van der Waals surface area (Å²) in [5.74, 6) is 0. The number of hydrogen-bond donors (Lipinski definition) is 1. The molecule has 0 amide bonds. The second-order valence-electron chi connectivity index (χ2n) is 4.86. The Balaban J connectivity index is 1.79. The minimum atomic E-state index is 0.916. The van der Waals surface area contributed by atoms with Gasteiger partial charge in [-0.3, -0.25) is 4.98 Å². The zero-order chi connectivity index (χ0) is 12.4. The van der Waals surface area contributed by atoms with Crippen molar-refractivity contribution >= 4 is 5.69 Å². The van der Waals surface area contributed by atoms with Crippen LogP contribution >= 0.6 is 0 Å². The van der Waals surface area contributed by atoms with Crippen LogP contribution in [0.2, 0.25) is 0 Å². The van der Waals surface area contributed by atoms with Crippen molar-refractivity contribution in [2.75, 3.05) is 11.9 Å². The summed E-state index contributed by atoms with van der Waals surface area (Å²) >= 11 is 0. The molecule has 2 heteroatoms. The zero-order valence-electron chi connectivity index (χ0n) is 10.7. The molecule has 0 saturated heterocycles. The summed E-state index contributed by atoms with van der Waals surface area (Å²) in [4.78, 5) is 4.52. The van der Waals surface area contributed by atoms with Crippen molar-refractivity contribution in [3.63, 3.8) is 0 Å². The summed E-state index contributed by atoms with van der Waals surface area (Å²) in [6.45, 7) is 3.23. The van der Waals surface area contributed by atoms with Crippen LogP contribution in [0.3, 0.4) is 0 Å². The second kappa shape index (κ2) is 4.81. The van der Waals surface area contributed by atoms with Gasteiger partial charge in [-0.2, -0.15) is 0 Å². The van der Waals surface area contributed by atoms with E-state index in [1.165, 1.54) is 22.4 Å². The number of benzene rings is 1. The normalized spacial score (nSPS) is 13.2. The number of pyridine rings is 1. The fourth-order valence-corrected chi connectivity index (χ4v) is 2.43. The predicted molar refractivity (Wildman–Crippen MR) is 75.1 cm³/mol. The van der Waals surface area contributed by atoms with Gasteiger partial charge in [0.15, 0.2) is 0 Å². The van der Waals surface area contributed by atoms with Gasteiger partial charge in [-0.05, 0) is 41.7 Å². The molecule has 18 heavy (non-hydrogen) atoms. The molecule has 3 rings (SSSR count). The topological polar surface area (TPSA) is 24.9 Å². The average Bonchev–Trinajstić information content (AvgIpc) is 2.87. The highest BCUT2D eigenvalue weighted by Crippen LogP contribution is 2.24. The molecule has 1 aromatic carbocycles. The Labute approximate surface area is 108 Å². The predicted octanol–water partition coefficient (Wildman–Crippen LogP) is 3.20. The van der Waals surface area contributed by atoms with E-state index in [0.29, 0.717) is 0 Å². The van der Waals surface area contributed by atoms with E-state index >= 15 is 0 Å². The van der Waals surface area contributed by atoms with Crippen LogP contribution in [-0.4, -0.2) is 11.5 Å². The van der Waals surface area contributed by atoms with Crippen molar-refractivity contribution in [1.82, 2.24) is 4.98 Å². The molecule has 1 N–H and O–H groups in total. The summed E-state index contributed by atoms with van der Waals surface area (Å²) < 4.78 is 0. The number of aromatic nitrogens is 1. The Kier molecular flexibility index (Phi) is 3.01. The van der Waals surface area contributed by atoms with E-state index in [-0.39, 0.29) is 0 Å². The minimum absolute atomic E-state index is 0.916. The standard InChI is InChI=1S/C16H18N2/c1-2-12-4-6-15(18-11-12)9-13-3-5-14-7-8-17-16(14)10-13/h3-6,10-11,17H,2,7-9H2,1H3. The molecule has 0 radical (unpaired) electrons. The first-order chi connectivity index (χ1) is 8.85. The molecule has 2 aromatic rings. The van der Waals surface area contributed by atoms with Gasteiger partial charge in [0.25, 0.3) is 0 Å². The largest absolute Gasteiger partial charge is 0.384 e. The van der Waals surface area contributed by atoms with Gasteiger partial charge >= 0.3 is 0 Å². The van der Waals surface area contributed by atoms with Gasteiger partial charge in [-0.25, -0.2) is 0 Å². The van der Waals surface area contributed by atoms with Crippen LogP contribution in [0.15, 0.2) is 36.5 Å². The molecule has 0 spiro atoms. The summed E-state index contributed by atoms with van der Waals surface area (Å²) in [7, 11) is 0. The number of anilines is 1. The molecule has 2 heterocycles. The van der Waals surface area contributed by atoms with Crippen LogP contribution in [-0.2, 0) is 19.3 Å². The first-order valence-corrected chi connectivity index (χ1v) is 6.64. The Morgan fingerprint density at radius 3 is 2.83 bits per heavy atom. The summed E-state index contributed by atoms with van der Waals surface area (Å²) in [5, 5.41) is 3.42. The van der Waals surface area contributed by atoms with Crippen molar-refractivity contribution in [3.8, 4) is 0 Å². The molecule has 0 aliphatic carbocycles. The van der Waals surface area contributed by atoms with Crippen LogP contribution in [0.25, 0.3) is 0 Å². The SMILES string of the molecule is CCc1ccc(Cc2ccc3c(c2)NCC3)nc1. The highest BCUT2D eigenvalue weighted by molar-refractivity contribution is 5.57. The molecule has 2 nitrogen and oxygen atoms in total. The molecule has 92 valence electrons. The first-order valence-electron chi connectivity index (χ1n) is 6.64. The van der Waals surface area contributed by atoms with E-state index in [4.69, 9.17) is 0 Å². The van der Waals surface area contributed by atoms with Gasteiger partial charge in [-0.1, -0.05) is 25.1 Å². The van der Waals surface area contributed by atoms with Crippen molar-refractivity contribution in [2.45, 2.75) is 26.2 Å². The van der Waals surface area contributed by atoms with Crippen molar-refractivity contribution < 1.29 is 0 Å². The van der Waals surface area contributed by atoms with Crippen molar-refractivity contribution in [1.29, 1.82) is 0 Å². The molecule has 0 unspecified atom stereocenters. The van der Waals surface area contributed by atoms with Gasteiger partial charge in [-0.15, -0.1) is 0 Å². The highest BCUT2D eigenvalue weighted by atomic mass is 14.9. The van der Waals surface area contributed by atoms with Gasteiger partial charge in [0.2, 0.25) is 0 Å². The first kappa shape index (κ1) is 11.3. The third kappa shape index (κ3) is 2.23. The van der Waals surface area contributed by atoms with Crippen molar-refractivity contribution in [3.05, 3.63) is 58.9 Å². The lowest BCUT2D eigenvalue weighted by molar-refractivity contribution is 1.03. The smallest absolute Gasteiger partial charge is 0.0447 e. The van der Waals surface area contributed by atoms with E-state index in [0.717, 1.165) is 31.5 Å². The number of rotatable bonds is 3. The number of nitrogens with one attached hydrogen (secondary N) is 1. The average molecular weight is 238 g/mol. The lowest BCUT2D eigenvalue weighted by Gasteiger charge is -2.05. The maximum absolute atomic E-state index is 4.52. The fourth-order valence-electron chi connectivity index (χ4n) is 2.43. The van der Waals surface area contributed by atoms with Crippen LogP contribution in [0.4, 0.5) is 5.69 Å². The third-order valence-corrected chi connectivity index (χ3v) is 3.56. The molecule has 0 fully saturated rings. The minimum Gasteiger partial charge on any atom is -0.384 e. The molecular formula is C16H18N2. The molecule has 0 atom stereocenters. The Morgan fingerprint density at radius 2 is 2.06 bits per heavy atom. The lowest BCUT2D eigenvalue weighted by atomic mass is 10.0. The molecular weight excluding hydrogens is 220 g/mol. The number of fused-ring (bicyclic) bond motifs is 1. The van der Waals surface area contributed by atoms with Gasteiger partial charge in [0.1, 0.15) is 0 Å². The Morgan fingerprint density at radius 1 is 1.17 bits per heavy atom. The Hall–Kier alpha value is -1.83. The number of nitrogens with zero attached hydrogens (tertiary/aromatic N) is 1. The molecule has 1 aliphatic rings. The third-order valence-electron chi connectivity index (χ3n) is 3.56. The van der Waals surface area contributed by atoms with Gasteiger partial charge in [0, 0.05) is 30.5 Å². The number of aryl methyl sites for hydroxylation is 1. The van der Waals surface area contributed by atoms with E-state index < -0.39 is 0 Å². The summed E-state index contributed by atoms with van der Waals surface area (Å²) in [6, 6.07) is 11.0. The maximum atomic E-state index is 4.52. The van der Waals surface area contributed by atoms with E-state index in [9.17, 15) is 0 Å². The summed E-state index contributed by atoms with van der Waals surface area (Å²) in [5.41, 5.74) is 6.52. The van der Waals surface area contributed by atoms with E-state index in [1.54, 1.807) is 0 Å². The van der Waals surface area contributed by atoms with E-state index in [2.05, 4.69) is 47.6 Å². The van der Waals surface area contributed by atoms with Gasteiger partial charge in [0.05, 0.1) is 0 Å². The van der Waals surface area contributed by atoms with E-state index in [1.807, 2.05) is 6.20 Å². The van der Waals surface area contributed by atoms with Gasteiger partial charge < -0.3 is 5.32 Å². The molecule has 1 aliphatic heterocycles. The molecule has 0 bridgehead atoms. The zero-order valence-corrected chi connectivity index (χ0v) is 10.7. The monoisotopic (exact) mass is 238 g/mol. The lowest BCUT2D eigenvalue weighted by Crippen LogP contribution is -1.95. The van der Waals surface area contributed by atoms with Crippen LogP contribution < -0.4 is 5.32 Å². The molecule has 1 aromatic heterocycles. The fraction of sp³-hybridized carbons (Fsp3) is 0.312. The number of hydrogen-bond acceptors (Lipinski definition) is 2. The van der Waals surface area contributed by atoms with Crippen LogP contribution in [0.1, 0.15) is 29.3 Å². The van der Waals surface area contributed by atoms with Crippen LogP contribution in [0, 0.1) is 0 Å². The highest BCUT2D eigenvalue weighted by Gasteiger charge is 2.10. The Bertz CT molecular complexity index is 544. The second-order valence-corrected chi connectivity index (χ2v) is 4.86. The summed E-state index contributed by atoms with van der Waals surface area (Å²) in [6.07, 6.45) is 5.11. The quantitative estimate of drug-likeness (QED) is 0.888. The van der Waals surface area contributed by atoms with Crippen molar-refractivity contribution in [2.24, 2.45) is 0 Å². The maximum Gasteiger partial charge on any atom is 0.0447 e. The van der Waals surface area contributed by atoms with Crippen LogP contribution in [0.5, 0.6) is 0 Å².